The molecule has 0 radical (unpaired) electrons. The molecular formula is C24H29N3O. The van der Waals surface area contributed by atoms with E-state index in [1.54, 1.807) is 0 Å². The van der Waals surface area contributed by atoms with Crippen LogP contribution in [0.3, 0.4) is 0 Å². The van der Waals surface area contributed by atoms with Crippen LogP contribution >= 0.6 is 0 Å². The predicted molar refractivity (Wildman–Crippen MR) is 116 cm³/mol. The van der Waals surface area contributed by atoms with Gasteiger partial charge in [0, 0.05) is 24.8 Å². The highest BCUT2D eigenvalue weighted by molar-refractivity contribution is 6.00. The van der Waals surface area contributed by atoms with Gasteiger partial charge in [-0.2, -0.15) is 0 Å². The highest BCUT2D eigenvalue weighted by Crippen LogP contribution is 2.29. The van der Waals surface area contributed by atoms with Crippen molar-refractivity contribution in [2.45, 2.75) is 19.9 Å². The van der Waals surface area contributed by atoms with Gasteiger partial charge in [0.1, 0.15) is 5.69 Å². The molecule has 0 bridgehead atoms. The van der Waals surface area contributed by atoms with E-state index in [-0.39, 0.29) is 5.91 Å². The van der Waals surface area contributed by atoms with Gasteiger partial charge in [-0.1, -0.05) is 60.7 Å². The minimum absolute atomic E-state index is 0.0124. The van der Waals surface area contributed by atoms with Crippen molar-refractivity contribution in [3.63, 3.8) is 0 Å². The first kappa shape index (κ1) is 19.9. The van der Waals surface area contributed by atoms with Crippen molar-refractivity contribution in [3.8, 4) is 11.1 Å². The second-order valence-corrected chi connectivity index (χ2v) is 7.43. The number of aromatic nitrogens is 1. The van der Waals surface area contributed by atoms with E-state index in [0.717, 1.165) is 35.3 Å². The van der Waals surface area contributed by atoms with Gasteiger partial charge in [0.05, 0.1) is 0 Å². The van der Waals surface area contributed by atoms with Gasteiger partial charge in [0.15, 0.2) is 0 Å². The summed E-state index contributed by atoms with van der Waals surface area (Å²) in [6, 6.07) is 20.4. The summed E-state index contributed by atoms with van der Waals surface area (Å²) in [6.45, 7) is 4.37. The number of amides is 1. The largest absolute Gasteiger partial charge is 0.351 e. The molecule has 0 aliphatic carbocycles. The number of rotatable bonds is 8. The topological polar surface area (TPSA) is 37.3 Å². The minimum atomic E-state index is -0.0124. The quantitative estimate of drug-likeness (QED) is 0.599. The van der Waals surface area contributed by atoms with Crippen LogP contribution in [0.25, 0.3) is 11.1 Å². The molecule has 3 aromatic rings. The molecule has 0 aliphatic heterocycles. The molecule has 2 aromatic carbocycles. The summed E-state index contributed by atoms with van der Waals surface area (Å²) in [4.78, 5) is 15.3. The van der Waals surface area contributed by atoms with Gasteiger partial charge in [-0.25, -0.2) is 0 Å². The van der Waals surface area contributed by atoms with Crippen LogP contribution in [-0.2, 0) is 6.54 Å². The third-order valence-corrected chi connectivity index (χ3v) is 4.81. The van der Waals surface area contributed by atoms with E-state index in [9.17, 15) is 4.79 Å². The van der Waals surface area contributed by atoms with E-state index < -0.39 is 0 Å². The summed E-state index contributed by atoms with van der Waals surface area (Å²) < 4.78 is 2.08. The maximum atomic E-state index is 13.2. The first-order chi connectivity index (χ1) is 13.6. The van der Waals surface area contributed by atoms with Crippen LogP contribution in [0.15, 0.2) is 66.9 Å². The zero-order valence-electron chi connectivity index (χ0n) is 17.0. The molecule has 1 heterocycles. The average molecular weight is 376 g/mol. The van der Waals surface area contributed by atoms with Gasteiger partial charge < -0.3 is 14.8 Å². The van der Waals surface area contributed by atoms with Crippen LogP contribution in [-0.4, -0.2) is 42.6 Å². The molecular weight excluding hydrogens is 346 g/mol. The molecule has 28 heavy (non-hydrogen) atoms. The van der Waals surface area contributed by atoms with Crippen LogP contribution in [0.4, 0.5) is 0 Å². The van der Waals surface area contributed by atoms with E-state index in [2.05, 4.69) is 52.2 Å². The fraction of sp³-hybridized carbons (Fsp3) is 0.292. The van der Waals surface area contributed by atoms with Crippen molar-refractivity contribution in [3.05, 3.63) is 83.7 Å². The van der Waals surface area contributed by atoms with Gasteiger partial charge in [-0.05, 0) is 50.7 Å². The molecule has 1 N–H and O–H groups in total. The summed E-state index contributed by atoms with van der Waals surface area (Å²) in [5.41, 5.74) is 5.11. The molecule has 0 atom stereocenters. The number of benzene rings is 2. The lowest BCUT2D eigenvalue weighted by molar-refractivity contribution is 0.0944. The minimum Gasteiger partial charge on any atom is -0.351 e. The Morgan fingerprint density at radius 3 is 2.29 bits per heavy atom. The lowest BCUT2D eigenvalue weighted by Gasteiger charge is -2.14. The van der Waals surface area contributed by atoms with Gasteiger partial charge >= 0.3 is 0 Å². The normalized spacial score (nSPS) is 11.0. The number of carbonyl (C=O) groups excluding carboxylic acids is 1. The fourth-order valence-corrected chi connectivity index (χ4v) is 3.49. The van der Waals surface area contributed by atoms with E-state index in [1.165, 1.54) is 5.56 Å². The van der Waals surface area contributed by atoms with Crippen molar-refractivity contribution in [1.82, 2.24) is 14.8 Å². The number of hydrogen-bond acceptors (Lipinski definition) is 2. The highest BCUT2D eigenvalue weighted by Gasteiger charge is 2.21. The molecule has 3 rings (SSSR count). The average Bonchev–Trinajstić information content (AvgIpc) is 3.02. The molecule has 1 amide bonds. The first-order valence-corrected chi connectivity index (χ1v) is 9.78. The third kappa shape index (κ3) is 4.90. The fourth-order valence-electron chi connectivity index (χ4n) is 3.49. The Kier molecular flexibility index (Phi) is 6.66. The smallest absolute Gasteiger partial charge is 0.268 e. The maximum absolute atomic E-state index is 13.2. The first-order valence-electron chi connectivity index (χ1n) is 9.78. The highest BCUT2D eigenvalue weighted by atomic mass is 16.1. The lowest BCUT2D eigenvalue weighted by Crippen LogP contribution is -2.29. The molecule has 4 heteroatoms. The van der Waals surface area contributed by atoms with Crippen molar-refractivity contribution in [2.75, 3.05) is 27.2 Å². The lowest BCUT2D eigenvalue weighted by atomic mass is 10.0. The monoisotopic (exact) mass is 375 g/mol. The standard InChI is InChI=1S/C24H29N3O/c1-19-17-27(18-20-11-6-4-7-12-20)23(22(19)21-13-8-5-9-14-21)24(28)25-15-10-16-26(2)3/h4-9,11-14,17H,10,15-16,18H2,1-3H3,(H,25,28). The number of carbonyl (C=O) groups is 1. The van der Waals surface area contributed by atoms with Gasteiger partial charge in [0.2, 0.25) is 0 Å². The van der Waals surface area contributed by atoms with Crippen molar-refractivity contribution in [1.29, 1.82) is 0 Å². The van der Waals surface area contributed by atoms with Crippen molar-refractivity contribution < 1.29 is 4.79 Å². The molecule has 146 valence electrons. The summed E-state index contributed by atoms with van der Waals surface area (Å²) in [5.74, 6) is -0.0124. The molecule has 0 spiro atoms. The Labute approximate surface area is 167 Å². The van der Waals surface area contributed by atoms with Gasteiger partial charge in [0.25, 0.3) is 5.91 Å². The maximum Gasteiger partial charge on any atom is 0.268 e. The number of aryl methyl sites for hydroxylation is 1. The van der Waals surface area contributed by atoms with E-state index in [0.29, 0.717) is 13.1 Å². The molecule has 4 nitrogen and oxygen atoms in total. The van der Waals surface area contributed by atoms with Gasteiger partial charge in [-0.3, -0.25) is 4.79 Å². The van der Waals surface area contributed by atoms with Gasteiger partial charge in [-0.15, -0.1) is 0 Å². The van der Waals surface area contributed by atoms with Crippen molar-refractivity contribution in [2.24, 2.45) is 0 Å². The molecule has 1 aromatic heterocycles. The van der Waals surface area contributed by atoms with Crippen LogP contribution in [0, 0.1) is 6.92 Å². The SMILES string of the molecule is Cc1cn(Cc2ccccc2)c(C(=O)NCCCN(C)C)c1-c1ccccc1. The summed E-state index contributed by atoms with van der Waals surface area (Å²) in [7, 11) is 4.09. The Hall–Kier alpha value is -2.85. The molecule has 0 unspecified atom stereocenters. The Morgan fingerprint density at radius 2 is 1.64 bits per heavy atom. The summed E-state index contributed by atoms with van der Waals surface area (Å²) in [5, 5.41) is 3.12. The Balaban J connectivity index is 1.92. The summed E-state index contributed by atoms with van der Waals surface area (Å²) >= 11 is 0. The molecule has 0 aliphatic rings. The molecule has 0 saturated carbocycles. The molecule has 0 fully saturated rings. The van der Waals surface area contributed by atoms with Crippen LogP contribution in [0.1, 0.15) is 28.0 Å². The number of nitrogens with zero attached hydrogens (tertiary/aromatic N) is 2. The Morgan fingerprint density at radius 1 is 1.00 bits per heavy atom. The molecule has 0 saturated heterocycles. The van der Waals surface area contributed by atoms with E-state index >= 15 is 0 Å². The second kappa shape index (κ2) is 9.38. The third-order valence-electron chi connectivity index (χ3n) is 4.81. The summed E-state index contributed by atoms with van der Waals surface area (Å²) in [6.07, 6.45) is 3.02. The number of hydrogen-bond donors (Lipinski definition) is 1. The Bertz CT molecular complexity index is 898. The van der Waals surface area contributed by atoms with Crippen LogP contribution < -0.4 is 5.32 Å². The van der Waals surface area contributed by atoms with E-state index in [4.69, 9.17) is 0 Å². The van der Waals surface area contributed by atoms with Crippen molar-refractivity contribution >= 4 is 5.91 Å². The predicted octanol–water partition coefficient (Wildman–Crippen LogP) is 4.19. The zero-order valence-corrected chi connectivity index (χ0v) is 17.0. The second-order valence-electron chi connectivity index (χ2n) is 7.43. The van der Waals surface area contributed by atoms with E-state index in [1.807, 2.05) is 50.5 Å². The van der Waals surface area contributed by atoms with Crippen LogP contribution in [0.5, 0.6) is 0 Å². The van der Waals surface area contributed by atoms with Crippen LogP contribution in [0.2, 0.25) is 0 Å². The zero-order chi connectivity index (χ0) is 19.9. The number of nitrogens with one attached hydrogen (secondary N) is 1.